The molecule has 0 spiro atoms. The zero-order chi connectivity index (χ0) is 16.8. The first-order valence-electron chi connectivity index (χ1n) is 7.91. The van der Waals surface area contributed by atoms with Gasteiger partial charge in [-0.1, -0.05) is 28.0 Å². The third-order valence-electron chi connectivity index (χ3n) is 4.10. The van der Waals surface area contributed by atoms with E-state index in [1.54, 1.807) is 0 Å². The quantitative estimate of drug-likeness (QED) is 0.305. The number of ether oxygens (including phenoxy) is 1. The Morgan fingerprint density at radius 1 is 1.17 bits per heavy atom. The second-order valence-corrected chi connectivity index (χ2v) is 8.68. The molecule has 2 aliphatic heterocycles. The zero-order valence-electron chi connectivity index (χ0n) is 12.8. The molecular formula is C14H25NO6S2. The van der Waals surface area contributed by atoms with Crippen molar-refractivity contribution in [2.75, 3.05) is 12.4 Å². The molecule has 0 aliphatic carbocycles. The van der Waals surface area contributed by atoms with Crippen molar-refractivity contribution in [2.45, 2.75) is 68.0 Å². The first-order valence-corrected chi connectivity index (χ1v) is 10.3. The van der Waals surface area contributed by atoms with Gasteiger partial charge < -0.3 is 30.5 Å². The van der Waals surface area contributed by atoms with Crippen LogP contribution in [-0.2, 0) is 9.53 Å². The monoisotopic (exact) mass is 367 g/mol. The van der Waals surface area contributed by atoms with Crippen molar-refractivity contribution in [3.8, 4) is 0 Å². The average molecular weight is 367 g/mol. The molecule has 23 heavy (non-hydrogen) atoms. The number of carbonyl (C=O) groups is 1. The number of aliphatic hydroxyl groups is 4. The second-order valence-electron chi connectivity index (χ2n) is 5.89. The van der Waals surface area contributed by atoms with Crippen molar-refractivity contribution in [3.63, 3.8) is 0 Å². The number of hydrogen-bond donors (Lipinski definition) is 5. The van der Waals surface area contributed by atoms with Crippen LogP contribution in [0.2, 0.25) is 0 Å². The van der Waals surface area contributed by atoms with Gasteiger partial charge in [-0.2, -0.15) is 0 Å². The second kappa shape index (κ2) is 9.45. The summed E-state index contributed by atoms with van der Waals surface area (Å²) in [5, 5.41) is 41.5. The predicted molar refractivity (Wildman–Crippen MR) is 88.8 cm³/mol. The summed E-state index contributed by atoms with van der Waals surface area (Å²) < 4.78 is 5.24. The van der Waals surface area contributed by atoms with Gasteiger partial charge in [-0.25, -0.2) is 0 Å². The molecule has 1 amide bonds. The number of nitrogens with one attached hydrogen (secondary N) is 1. The first-order chi connectivity index (χ1) is 11.0. The number of amides is 1. The van der Waals surface area contributed by atoms with Crippen LogP contribution in [0.5, 0.6) is 0 Å². The van der Waals surface area contributed by atoms with E-state index in [4.69, 9.17) is 9.84 Å². The fourth-order valence-corrected chi connectivity index (χ4v) is 5.70. The lowest BCUT2D eigenvalue weighted by Gasteiger charge is -2.40. The van der Waals surface area contributed by atoms with Gasteiger partial charge in [0, 0.05) is 17.4 Å². The lowest BCUT2D eigenvalue weighted by atomic mass is 9.98. The highest BCUT2D eigenvalue weighted by atomic mass is 33.1. The van der Waals surface area contributed by atoms with Crippen LogP contribution < -0.4 is 5.32 Å². The van der Waals surface area contributed by atoms with Gasteiger partial charge >= 0.3 is 0 Å². The third-order valence-corrected chi connectivity index (χ3v) is 7.11. The Morgan fingerprint density at radius 3 is 2.61 bits per heavy atom. The molecule has 0 aromatic rings. The normalized spacial score (nSPS) is 37.7. The van der Waals surface area contributed by atoms with Crippen LogP contribution in [0.25, 0.3) is 0 Å². The van der Waals surface area contributed by atoms with E-state index in [0.29, 0.717) is 11.7 Å². The number of rotatable bonds is 7. The maximum atomic E-state index is 11.9. The van der Waals surface area contributed by atoms with Crippen LogP contribution in [0.3, 0.4) is 0 Å². The molecule has 134 valence electrons. The number of aliphatic hydroxyl groups excluding tert-OH is 4. The van der Waals surface area contributed by atoms with E-state index in [9.17, 15) is 20.1 Å². The van der Waals surface area contributed by atoms with Crippen molar-refractivity contribution in [1.82, 2.24) is 5.32 Å². The summed E-state index contributed by atoms with van der Waals surface area (Å²) >= 11 is 0. The van der Waals surface area contributed by atoms with E-state index in [1.165, 1.54) is 12.2 Å². The lowest BCUT2D eigenvalue weighted by Crippen LogP contribution is -2.63. The highest BCUT2D eigenvalue weighted by molar-refractivity contribution is 8.77. The summed E-state index contributed by atoms with van der Waals surface area (Å²) in [6.07, 6.45) is -2.06. The van der Waals surface area contributed by atoms with E-state index in [2.05, 4.69) is 5.32 Å². The van der Waals surface area contributed by atoms with Gasteiger partial charge in [0.05, 0.1) is 6.61 Å². The summed E-state index contributed by atoms with van der Waals surface area (Å²) in [7, 11) is 3.82. The Hall–Kier alpha value is -0.0300. The summed E-state index contributed by atoms with van der Waals surface area (Å²) in [4.78, 5) is 11.9. The Morgan fingerprint density at radius 2 is 1.96 bits per heavy atom. The van der Waals surface area contributed by atoms with Crippen molar-refractivity contribution < 1.29 is 30.0 Å². The Kier molecular flexibility index (Phi) is 7.93. The molecule has 2 rings (SSSR count). The maximum absolute atomic E-state index is 11.9. The first kappa shape index (κ1) is 19.3. The van der Waals surface area contributed by atoms with Crippen LogP contribution in [0.15, 0.2) is 0 Å². The van der Waals surface area contributed by atoms with Crippen molar-refractivity contribution in [3.05, 3.63) is 0 Å². The minimum absolute atomic E-state index is 0.275. The van der Waals surface area contributed by atoms with Crippen molar-refractivity contribution in [1.29, 1.82) is 0 Å². The van der Waals surface area contributed by atoms with E-state index < -0.39 is 37.3 Å². The molecule has 0 aromatic carbocycles. The zero-order valence-corrected chi connectivity index (χ0v) is 14.5. The Bertz CT molecular complexity index is 380. The van der Waals surface area contributed by atoms with Gasteiger partial charge in [0.1, 0.15) is 24.4 Å². The average Bonchev–Trinajstić information content (AvgIpc) is 3.05. The molecule has 0 saturated carbocycles. The fourth-order valence-electron chi connectivity index (χ4n) is 2.67. The highest BCUT2D eigenvalue weighted by Gasteiger charge is 2.43. The molecule has 0 radical (unpaired) electrons. The van der Waals surface area contributed by atoms with Gasteiger partial charge in [0.15, 0.2) is 6.23 Å². The van der Waals surface area contributed by atoms with Gasteiger partial charge in [-0.05, 0) is 19.3 Å². The predicted octanol–water partition coefficient (Wildman–Crippen LogP) is -0.383. The van der Waals surface area contributed by atoms with Crippen LogP contribution >= 0.6 is 21.6 Å². The number of carbonyl (C=O) groups excluding carboxylic acids is 1. The van der Waals surface area contributed by atoms with Crippen LogP contribution in [0, 0.1) is 0 Å². The molecular weight excluding hydrogens is 342 g/mol. The van der Waals surface area contributed by atoms with Crippen LogP contribution in [0.4, 0.5) is 0 Å². The number of hydrogen-bond acceptors (Lipinski definition) is 8. The van der Waals surface area contributed by atoms with Gasteiger partial charge in [-0.15, -0.1) is 0 Å². The standard InChI is InChI=1S/C14H25NO6S2/c16-7-9-11(18)12(19)13(20)14(21-9)15-10(17)4-2-1-3-8-5-6-22-23-8/h8-9,11-14,16,18-20H,1-7H2,(H,15,17)/t8?,9-,11-,12+,13-,14+/m1/s1. The smallest absolute Gasteiger partial charge is 0.222 e. The molecule has 2 heterocycles. The molecule has 1 unspecified atom stereocenters. The fraction of sp³-hybridized carbons (Fsp3) is 0.929. The Balaban J connectivity index is 1.68. The SMILES string of the molecule is O=C(CCCCC1CCSS1)N[C@H]1O[C@H](CO)[C@@H](O)[C@H](O)[C@H]1O. The highest BCUT2D eigenvalue weighted by Crippen LogP contribution is 2.39. The van der Waals surface area contributed by atoms with Crippen LogP contribution in [0.1, 0.15) is 32.1 Å². The van der Waals surface area contributed by atoms with Gasteiger partial charge in [-0.3, -0.25) is 4.79 Å². The molecule has 0 bridgehead atoms. The summed E-state index contributed by atoms with van der Waals surface area (Å²) in [5.41, 5.74) is 0. The van der Waals surface area contributed by atoms with Crippen molar-refractivity contribution in [2.24, 2.45) is 0 Å². The Labute approximate surface area is 143 Å². The summed E-state index contributed by atoms with van der Waals surface area (Å²) in [6, 6.07) is 0. The molecule has 2 aliphatic rings. The van der Waals surface area contributed by atoms with E-state index in [0.717, 1.165) is 19.3 Å². The maximum Gasteiger partial charge on any atom is 0.222 e. The summed E-state index contributed by atoms with van der Waals surface area (Å²) in [6.45, 7) is -0.506. The van der Waals surface area contributed by atoms with E-state index in [-0.39, 0.29) is 5.91 Å². The van der Waals surface area contributed by atoms with Gasteiger partial charge in [0.2, 0.25) is 5.91 Å². The van der Waals surface area contributed by atoms with E-state index >= 15 is 0 Å². The molecule has 9 heteroatoms. The topological polar surface area (TPSA) is 119 Å². The number of unbranched alkanes of at least 4 members (excludes halogenated alkanes) is 1. The van der Waals surface area contributed by atoms with E-state index in [1.807, 2.05) is 21.6 Å². The molecule has 5 N–H and O–H groups in total. The molecule has 6 atom stereocenters. The molecule has 0 aromatic heterocycles. The lowest BCUT2D eigenvalue weighted by molar-refractivity contribution is -0.236. The van der Waals surface area contributed by atoms with Crippen molar-refractivity contribution >= 4 is 27.5 Å². The summed E-state index contributed by atoms with van der Waals surface area (Å²) in [5.74, 6) is 0.926. The largest absolute Gasteiger partial charge is 0.394 e. The minimum Gasteiger partial charge on any atom is -0.394 e. The van der Waals surface area contributed by atoms with Gasteiger partial charge in [0.25, 0.3) is 0 Å². The molecule has 2 saturated heterocycles. The minimum atomic E-state index is -1.47. The third kappa shape index (κ3) is 5.48. The van der Waals surface area contributed by atoms with Crippen LogP contribution in [-0.4, -0.2) is 74.6 Å². The molecule has 2 fully saturated rings. The molecule has 7 nitrogen and oxygen atoms in total.